The van der Waals surface area contributed by atoms with Crippen LogP contribution in [-0.4, -0.2) is 51.3 Å². The molecule has 35 heavy (non-hydrogen) atoms. The van der Waals surface area contributed by atoms with Gasteiger partial charge >= 0.3 is 12.1 Å². The Bertz CT molecular complexity index is 1230. The van der Waals surface area contributed by atoms with Crippen molar-refractivity contribution in [1.82, 2.24) is 20.2 Å². The first-order valence-corrected chi connectivity index (χ1v) is 11.6. The minimum Gasteiger partial charge on any atom is -0.476 e. The van der Waals surface area contributed by atoms with Crippen LogP contribution in [0.2, 0.25) is 0 Å². The quantitative estimate of drug-likeness (QED) is 0.461. The van der Waals surface area contributed by atoms with Crippen molar-refractivity contribution >= 4 is 18.0 Å². The Morgan fingerprint density at radius 1 is 1.06 bits per heavy atom. The fourth-order valence-electron chi connectivity index (χ4n) is 4.83. The van der Waals surface area contributed by atoms with Gasteiger partial charge in [-0.2, -0.15) is 0 Å². The number of alkyl carbamates (subject to hydrolysis) is 1. The predicted octanol–water partition coefficient (Wildman–Crippen LogP) is 3.16. The van der Waals surface area contributed by atoms with Gasteiger partial charge in [-0.15, -0.1) is 0 Å². The van der Waals surface area contributed by atoms with Gasteiger partial charge in [-0.25, -0.2) is 14.6 Å². The summed E-state index contributed by atoms with van der Waals surface area (Å²) in [5, 5.41) is 14.6. The molecule has 2 amide bonds. The monoisotopic (exact) mass is 474 g/mol. The summed E-state index contributed by atoms with van der Waals surface area (Å²) in [4.78, 5) is 40.3. The number of rotatable bonds is 8. The number of amides is 2. The third-order valence-electron chi connectivity index (χ3n) is 6.83. The summed E-state index contributed by atoms with van der Waals surface area (Å²) in [6.07, 6.45) is 4.11. The van der Waals surface area contributed by atoms with Gasteiger partial charge in [-0.3, -0.25) is 4.79 Å². The molecule has 3 aromatic rings. The molecule has 1 fully saturated rings. The second kappa shape index (κ2) is 9.25. The van der Waals surface area contributed by atoms with E-state index in [1.165, 1.54) is 12.5 Å². The highest BCUT2D eigenvalue weighted by molar-refractivity contribution is 5.91. The summed E-state index contributed by atoms with van der Waals surface area (Å²) in [5.41, 5.74) is 3.53. The van der Waals surface area contributed by atoms with Crippen LogP contribution in [-0.2, 0) is 16.1 Å². The van der Waals surface area contributed by atoms with E-state index in [0.29, 0.717) is 19.4 Å². The van der Waals surface area contributed by atoms with Gasteiger partial charge in [0.1, 0.15) is 12.1 Å². The molecule has 3 N–H and O–H groups in total. The van der Waals surface area contributed by atoms with E-state index in [4.69, 9.17) is 9.84 Å². The van der Waals surface area contributed by atoms with Gasteiger partial charge in [0, 0.05) is 25.2 Å². The summed E-state index contributed by atoms with van der Waals surface area (Å²) in [5.74, 6) is -1.42. The number of imidazole rings is 1. The molecular formula is C26H26N4O5. The third-order valence-corrected chi connectivity index (χ3v) is 6.83. The lowest BCUT2D eigenvalue weighted by Gasteiger charge is -2.40. The topological polar surface area (TPSA) is 123 Å². The van der Waals surface area contributed by atoms with Crippen molar-refractivity contribution in [2.45, 2.75) is 37.3 Å². The Hall–Kier alpha value is -4.14. The number of carboxylic acids is 1. The second-order valence-corrected chi connectivity index (χ2v) is 8.94. The smallest absolute Gasteiger partial charge is 0.408 e. The highest BCUT2D eigenvalue weighted by atomic mass is 16.5. The predicted molar refractivity (Wildman–Crippen MR) is 127 cm³/mol. The third kappa shape index (κ3) is 4.37. The van der Waals surface area contributed by atoms with E-state index in [1.807, 2.05) is 24.3 Å². The number of aromatic carboxylic acids is 1. The van der Waals surface area contributed by atoms with Gasteiger partial charge in [0.2, 0.25) is 5.91 Å². The first-order valence-electron chi connectivity index (χ1n) is 11.6. The zero-order chi connectivity index (χ0) is 24.4. The van der Waals surface area contributed by atoms with Crippen molar-refractivity contribution in [2.75, 3.05) is 13.2 Å². The minimum absolute atomic E-state index is 0.0507. The van der Waals surface area contributed by atoms with Crippen molar-refractivity contribution in [2.24, 2.45) is 0 Å². The normalized spacial score (nSPS) is 15.4. The number of fused-ring (bicyclic) bond motifs is 3. The lowest BCUT2D eigenvalue weighted by atomic mass is 9.76. The minimum atomic E-state index is -1.10. The van der Waals surface area contributed by atoms with Gasteiger partial charge in [0.25, 0.3) is 0 Å². The van der Waals surface area contributed by atoms with Crippen LogP contribution in [0.4, 0.5) is 4.79 Å². The van der Waals surface area contributed by atoms with E-state index in [1.54, 1.807) is 4.57 Å². The van der Waals surface area contributed by atoms with E-state index in [-0.39, 0.29) is 30.7 Å². The average Bonchev–Trinajstić information content (AvgIpc) is 3.43. The zero-order valence-electron chi connectivity index (χ0n) is 19.1. The van der Waals surface area contributed by atoms with Crippen LogP contribution in [0.5, 0.6) is 0 Å². The molecule has 0 bridgehead atoms. The number of hydrogen-bond donors (Lipinski definition) is 3. The van der Waals surface area contributed by atoms with Gasteiger partial charge < -0.3 is 25.0 Å². The van der Waals surface area contributed by atoms with Crippen LogP contribution < -0.4 is 10.6 Å². The van der Waals surface area contributed by atoms with Gasteiger partial charge in [-0.05, 0) is 41.5 Å². The summed E-state index contributed by atoms with van der Waals surface area (Å²) < 4.78 is 7.22. The number of nitrogens with one attached hydrogen (secondary N) is 2. The number of nitrogens with zero attached hydrogens (tertiary/aromatic N) is 2. The van der Waals surface area contributed by atoms with E-state index < -0.39 is 17.6 Å². The summed E-state index contributed by atoms with van der Waals surface area (Å²) in [6.45, 7) is 0.833. The molecule has 0 saturated heterocycles. The molecular weight excluding hydrogens is 448 g/mol. The highest BCUT2D eigenvalue weighted by Crippen LogP contribution is 2.44. The van der Waals surface area contributed by atoms with Crippen molar-refractivity contribution in [1.29, 1.82) is 0 Å². The lowest BCUT2D eigenvalue weighted by Crippen LogP contribution is -2.63. The van der Waals surface area contributed by atoms with Crippen molar-refractivity contribution in [3.05, 3.63) is 77.9 Å². The number of carbonyl (C=O) groups excluding carboxylic acids is 2. The Balaban J connectivity index is 1.17. The fraction of sp³-hybridized carbons (Fsp3) is 0.308. The van der Waals surface area contributed by atoms with Crippen LogP contribution in [0.3, 0.4) is 0 Å². The summed E-state index contributed by atoms with van der Waals surface area (Å²) in [7, 11) is 0. The van der Waals surface area contributed by atoms with Crippen LogP contribution in [0, 0.1) is 0 Å². The van der Waals surface area contributed by atoms with Crippen LogP contribution in [0.15, 0.2) is 61.1 Å². The number of aromatic nitrogens is 2. The number of benzene rings is 2. The largest absolute Gasteiger partial charge is 0.476 e. The van der Waals surface area contributed by atoms with E-state index in [0.717, 1.165) is 28.7 Å². The first-order chi connectivity index (χ1) is 17.0. The molecule has 0 spiro atoms. The molecule has 2 aliphatic carbocycles. The fourth-order valence-corrected chi connectivity index (χ4v) is 4.83. The number of ether oxygens (including phenoxy) is 1. The Morgan fingerprint density at radius 2 is 1.71 bits per heavy atom. The van der Waals surface area contributed by atoms with Gasteiger partial charge in [0.05, 0.1) is 6.33 Å². The maximum atomic E-state index is 12.9. The molecule has 0 atom stereocenters. The van der Waals surface area contributed by atoms with Crippen molar-refractivity contribution in [3.8, 4) is 11.1 Å². The Morgan fingerprint density at radius 3 is 2.29 bits per heavy atom. The number of carboxylic acid groups (broad SMARTS) is 1. The molecule has 0 unspecified atom stereocenters. The zero-order valence-corrected chi connectivity index (χ0v) is 19.1. The molecule has 5 rings (SSSR count). The van der Waals surface area contributed by atoms with E-state index in [9.17, 15) is 14.4 Å². The highest BCUT2D eigenvalue weighted by Gasteiger charge is 2.46. The average molecular weight is 475 g/mol. The maximum Gasteiger partial charge on any atom is 0.408 e. The summed E-state index contributed by atoms with van der Waals surface area (Å²) in [6, 6.07) is 16.2. The van der Waals surface area contributed by atoms with E-state index >= 15 is 0 Å². The second-order valence-electron chi connectivity index (χ2n) is 8.94. The Kier molecular flexibility index (Phi) is 5.98. The van der Waals surface area contributed by atoms with Gasteiger partial charge in [-0.1, -0.05) is 48.5 Å². The standard InChI is InChI=1S/C26H26N4O5/c31-23(32)22-14-30(16-28-22)13-12-27-24(33)26(10-5-11-26)29-25(34)35-15-21-19-8-3-1-6-17(19)18-7-2-4-9-20(18)21/h1-4,6-9,14,16,21H,5,10-13,15H2,(H,27,33)(H,29,34)(H,31,32). The van der Waals surface area contributed by atoms with E-state index in [2.05, 4.69) is 39.9 Å². The van der Waals surface area contributed by atoms with Crippen LogP contribution in [0.25, 0.3) is 11.1 Å². The van der Waals surface area contributed by atoms with Crippen LogP contribution in [0.1, 0.15) is 46.8 Å². The molecule has 1 heterocycles. The summed E-state index contributed by atoms with van der Waals surface area (Å²) >= 11 is 0. The molecule has 9 heteroatoms. The molecule has 0 aliphatic heterocycles. The van der Waals surface area contributed by atoms with Crippen LogP contribution >= 0.6 is 0 Å². The number of carbonyl (C=O) groups is 3. The molecule has 1 saturated carbocycles. The molecule has 0 radical (unpaired) electrons. The van der Waals surface area contributed by atoms with Gasteiger partial charge in [0.15, 0.2) is 5.69 Å². The Labute approximate surface area is 202 Å². The molecule has 180 valence electrons. The molecule has 1 aromatic heterocycles. The lowest BCUT2D eigenvalue weighted by molar-refractivity contribution is -0.130. The maximum absolute atomic E-state index is 12.9. The molecule has 2 aromatic carbocycles. The van der Waals surface area contributed by atoms with Crippen molar-refractivity contribution in [3.63, 3.8) is 0 Å². The molecule has 9 nitrogen and oxygen atoms in total. The SMILES string of the molecule is O=C(NC1(C(=O)NCCn2cnc(C(=O)O)c2)CCC1)OCC1c2ccccc2-c2ccccc21. The molecule has 2 aliphatic rings. The van der Waals surface area contributed by atoms with Crippen molar-refractivity contribution < 1.29 is 24.2 Å². The first kappa shape index (κ1) is 22.6. The number of hydrogen-bond acceptors (Lipinski definition) is 5.